The molecule has 0 saturated carbocycles. The molecule has 0 unspecified atom stereocenters. The van der Waals surface area contributed by atoms with E-state index in [2.05, 4.69) is 21.2 Å². The van der Waals surface area contributed by atoms with Crippen LogP contribution in [-0.4, -0.2) is 30.8 Å². The molecule has 1 aliphatic heterocycles. The Hall–Kier alpha value is -1.30. The number of carbonyl (C=O) groups is 1. The minimum atomic E-state index is -0.388. The average Bonchev–Trinajstić information content (AvgIpc) is 2.38. The molecular formula is C16H22BrFN2O2. The van der Waals surface area contributed by atoms with Crippen molar-refractivity contribution in [1.29, 1.82) is 0 Å². The molecule has 1 heterocycles. The van der Waals surface area contributed by atoms with Gasteiger partial charge in [0.2, 0.25) is 0 Å². The van der Waals surface area contributed by atoms with Gasteiger partial charge in [0.1, 0.15) is 11.9 Å². The van der Waals surface area contributed by atoms with E-state index >= 15 is 0 Å². The van der Waals surface area contributed by atoms with Gasteiger partial charge < -0.3 is 15.0 Å². The highest BCUT2D eigenvalue weighted by Crippen LogP contribution is 2.26. The average molecular weight is 373 g/mol. The second kappa shape index (κ2) is 6.86. The zero-order valence-electron chi connectivity index (χ0n) is 13.2. The first kappa shape index (κ1) is 17.1. The molecule has 1 aliphatic rings. The number of amides is 1. The molecule has 122 valence electrons. The topological polar surface area (TPSA) is 41.6 Å². The second-order valence-corrected chi connectivity index (χ2v) is 7.48. The quantitative estimate of drug-likeness (QED) is 0.850. The van der Waals surface area contributed by atoms with E-state index in [1.165, 1.54) is 6.07 Å². The van der Waals surface area contributed by atoms with Gasteiger partial charge in [-0.1, -0.05) is 15.9 Å². The van der Waals surface area contributed by atoms with Gasteiger partial charge in [-0.2, -0.15) is 0 Å². The number of carbonyl (C=O) groups excluding carboxylic acids is 1. The summed E-state index contributed by atoms with van der Waals surface area (Å²) in [5.74, 6) is -0.237. The van der Waals surface area contributed by atoms with E-state index in [0.29, 0.717) is 31.6 Å². The van der Waals surface area contributed by atoms with E-state index in [1.54, 1.807) is 6.07 Å². The number of halogens is 2. The van der Waals surface area contributed by atoms with Gasteiger partial charge in [0.25, 0.3) is 0 Å². The SMILES string of the molecule is CC(C)(C)NC(=O)OC1CCN(c2ccc(Br)cc2F)CC1. The molecule has 1 N–H and O–H groups in total. The minimum absolute atomic E-state index is 0.114. The van der Waals surface area contributed by atoms with E-state index in [4.69, 9.17) is 4.74 Å². The zero-order chi connectivity index (χ0) is 16.3. The number of piperidine rings is 1. The molecule has 1 fully saturated rings. The zero-order valence-corrected chi connectivity index (χ0v) is 14.7. The highest BCUT2D eigenvalue weighted by atomic mass is 79.9. The maximum atomic E-state index is 14.0. The van der Waals surface area contributed by atoms with Crippen molar-refractivity contribution in [2.75, 3.05) is 18.0 Å². The molecule has 2 rings (SSSR count). The molecule has 6 heteroatoms. The van der Waals surface area contributed by atoms with E-state index < -0.39 is 0 Å². The second-order valence-electron chi connectivity index (χ2n) is 6.56. The first-order valence-electron chi connectivity index (χ1n) is 7.43. The molecule has 0 radical (unpaired) electrons. The number of benzene rings is 1. The number of rotatable bonds is 2. The maximum Gasteiger partial charge on any atom is 0.407 e. The first-order chi connectivity index (χ1) is 10.2. The number of hydrogen-bond acceptors (Lipinski definition) is 3. The standard InChI is InChI=1S/C16H22BrFN2O2/c1-16(2,3)19-15(21)22-12-6-8-20(9-7-12)14-5-4-11(17)10-13(14)18/h4-5,10,12H,6-9H2,1-3H3,(H,19,21). The van der Waals surface area contributed by atoms with Crippen LogP contribution in [0.15, 0.2) is 22.7 Å². The van der Waals surface area contributed by atoms with Crippen LogP contribution in [0.3, 0.4) is 0 Å². The molecule has 0 bridgehead atoms. The Morgan fingerprint density at radius 2 is 2.00 bits per heavy atom. The summed E-state index contributed by atoms with van der Waals surface area (Å²) in [6, 6.07) is 5.07. The van der Waals surface area contributed by atoms with Crippen molar-refractivity contribution >= 4 is 27.7 Å². The van der Waals surface area contributed by atoms with Crippen LogP contribution < -0.4 is 10.2 Å². The Morgan fingerprint density at radius 1 is 1.36 bits per heavy atom. The van der Waals surface area contributed by atoms with Crippen LogP contribution >= 0.6 is 15.9 Å². The summed E-state index contributed by atoms with van der Waals surface area (Å²) in [5.41, 5.74) is 0.291. The van der Waals surface area contributed by atoms with Gasteiger partial charge in [-0.05, 0) is 39.0 Å². The molecule has 0 spiro atoms. The normalized spacial score (nSPS) is 16.5. The fraction of sp³-hybridized carbons (Fsp3) is 0.562. The Morgan fingerprint density at radius 3 is 2.55 bits per heavy atom. The van der Waals surface area contributed by atoms with E-state index in [9.17, 15) is 9.18 Å². The van der Waals surface area contributed by atoms with Gasteiger partial charge in [-0.25, -0.2) is 9.18 Å². The summed E-state index contributed by atoms with van der Waals surface area (Å²) in [7, 11) is 0. The van der Waals surface area contributed by atoms with Crippen LogP contribution in [0.4, 0.5) is 14.9 Å². The largest absolute Gasteiger partial charge is 0.446 e. The van der Waals surface area contributed by atoms with Crippen molar-refractivity contribution in [3.63, 3.8) is 0 Å². The predicted molar refractivity (Wildman–Crippen MR) is 88.7 cm³/mol. The van der Waals surface area contributed by atoms with Crippen LogP contribution in [0.2, 0.25) is 0 Å². The van der Waals surface area contributed by atoms with Gasteiger partial charge in [-0.15, -0.1) is 0 Å². The van der Waals surface area contributed by atoms with Crippen LogP contribution in [-0.2, 0) is 4.74 Å². The van der Waals surface area contributed by atoms with Gasteiger partial charge >= 0.3 is 6.09 Å². The molecular weight excluding hydrogens is 351 g/mol. The van der Waals surface area contributed by atoms with Gasteiger partial charge in [0.15, 0.2) is 0 Å². The molecule has 0 aromatic heterocycles. The van der Waals surface area contributed by atoms with Crippen molar-refractivity contribution < 1.29 is 13.9 Å². The van der Waals surface area contributed by atoms with Gasteiger partial charge in [-0.3, -0.25) is 0 Å². The first-order valence-corrected chi connectivity index (χ1v) is 8.23. The third kappa shape index (κ3) is 4.87. The molecule has 1 saturated heterocycles. The maximum absolute atomic E-state index is 14.0. The fourth-order valence-electron chi connectivity index (χ4n) is 2.44. The highest BCUT2D eigenvalue weighted by Gasteiger charge is 2.25. The van der Waals surface area contributed by atoms with Crippen LogP contribution in [0.1, 0.15) is 33.6 Å². The van der Waals surface area contributed by atoms with E-state index in [-0.39, 0.29) is 23.6 Å². The summed E-state index contributed by atoms with van der Waals surface area (Å²) in [6.07, 6.45) is 0.901. The third-order valence-electron chi connectivity index (χ3n) is 3.44. The van der Waals surface area contributed by atoms with Crippen LogP contribution in [0.5, 0.6) is 0 Å². The minimum Gasteiger partial charge on any atom is -0.446 e. The summed E-state index contributed by atoms with van der Waals surface area (Å²) in [5, 5.41) is 2.78. The molecule has 22 heavy (non-hydrogen) atoms. The highest BCUT2D eigenvalue weighted by molar-refractivity contribution is 9.10. The molecule has 1 aromatic rings. The van der Waals surface area contributed by atoms with Crippen molar-refractivity contribution in [1.82, 2.24) is 5.32 Å². The molecule has 1 amide bonds. The summed E-state index contributed by atoms with van der Waals surface area (Å²) in [4.78, 5) is 13.7. The smallest absolute Gasteiger partial charge is 0.407 e. The van der Waals surface area contributed by atoms with Crippen molar-refractivity contribution in [3.8, 4) is 0 Å². The summed E-state index contributed by atoms with van der Waals surface area (Å²) < 4.78 is 20.1. The van der Waals surface area contributed by atoms with Crippen molar-refractivity contribution in [3.05, 3.63) is 28.5 Å². The lowest BCUT2D eigenvalue weighted by molar-refractivity contribution is 0.0776. The number of anilines is 1. The Balaban J connectivity index is 1.86. The molecule has 4 nitrogen and oxygen atoms in total. The summed E-state index contributed by atoms with van der Waals surface area (Å²) in [6.45, 7) is 7.07. The lowest BCUT2D eigenvalue weighted by Crippen LogP contribution is -2.44. The van der Waals surface area contributed by atoms with Gasteiger partial charge in [0, 0.05) is 35.9 Å². The number of ether oxygens (including phenoxy) is 1. The lowest BCUT2D eigenvalue weighted by Gasteiger charge is -2.34. The molecule has 1 aromatic carbocycles. The number of hydrogen-bond donors (Lipinski definition) is 1. The lowest BCUT2D eigenvalue weighted by atomic mass is 10.1. The number of nitrogens with zero attached hydrogens (tertiary/aromatic N) is 1. The Labute approximate surface area is 139 Å². The molecule has 0 atom stereocenters. The number of alkyl carbamates (subject to hydrolysis) is 1. The van der Waals surface area contributed by atoms with Crippen LogP contribution in [0.25, 0.3) is 0 Å². The Bertz CT molecular complexity index is 537. The van der Waals surface area contributed by atoms with Crippen molar-refractivity contribution in [2.24, 2.45) is 0 Å². The van der Waals surface area contributed by atoms with Crippen molar-refractivity contribution in [2.45, 2.75) is 45.3 Å². The van der Waals surface area contributed by atoms with E-state index in [1.807, 2.05) is 31.7 Å². The number of nitrogens with one attached hydrogen (secondary N) is 1. The monoisotopic (exact) mass is 372 g/mol. The Kier molecular flexibility index (Phi) is 5.32. The molecule has 0 aliphatic carbocycles. The fourth-order valence-corrected chi connectivity index (χ4v) is 2.77. The van der Waals surface area contributed by atoms with Gasteiger partial charge in [0.05, 0.1) is 5.69 Å². The summed E-state index contributed by atoms with van der Waals surface area (Å²) >= 11 is 3.26. The van der Waals surface area contributed by atoms with Crippen LogP contribution in [0, 0.1) is 5.82 Å². The predicted octanol–water partition coefficient (Wildman–Crippen LogP) is 4.08. The third-order valence-corrected chi connectivity index (χ3v) is 3.94. The van der Waals surface area contributed by atoms with E-state index in [0.717, 1.165) is 4.47 Å².